The second kappa shape index (κ2) is 4.60. The minimum atomic E-state index is 0.574. The maximum atomic E-state index is 11.3. The molecule has 0 atom stereocenters. The molecule has 6 heteroatoms. The number of benzene rings is 1. The molecule has 18 heavy (non-hydrogen) atoms. The number of rotatable bonds is 2. The number of fused-ring (bicyclic) bond motifs is 1. The Balaban J connectivity index is 2.33. The number of carbonyl (C=O) groups is 1. The minimum Gasteiger partial charge on any atom is -0.296 e. The SMILES string of the molecule is O=Cc1c(-c2cc(Br)ccc2Br)nc2sccn12. The van der Waals surface area contributed by atoms with Crippen molar-refractivity contribution in [2.24, 2.45) is 0 Å². The first-order chi connectivity index (χ1) is 8.70. The predicted molar refractivity (Wildman–Crippen MR) is 79.3 cm³/mol. The maximum absolute atomic E-state index is 11.3. The maximum Gasteiger partial charge on any atom is 0.194 e. The van der Waals surface area contributed by atoms with Crippen molar-refractivity contribution >= 4 is 54.4 Å². The topological polar surface area (TPSA) is 34.4 Å². The van der Waals surface area contributed by atoms with Crippen LogP contribution in [0.5, 0.6) is 0 Å². The highest BCUT2D eigenvalue weighted by Gasteiger charge is 2.16. The van der Waals surface area contributed by atoms with E-state index in [9.17, 15) is 4.79 Å². The molecule has 2 aromatic heterocycles. The highest BCUT2D eigenvalue weighted by molar-refractivity contribution is 9.11. The van der Waals surface area contributed by atoms with E-state index in [-0.39, 0.29) is 0 Å². The van der Waals surface area contributed by atoms with E-state index in [0.717, 1.165) is 25.8 Å². The van der Waals surface area contributed by atoms with Gasteiger partial charge in [-0.15, -0.1) is 11.3 Å². The van der Waals surface area contributed by atoms with Gasteiger partial charge in [-0.2, -0.15) is 0 Å². The molecule has 0 N–H and O–H groups in total. The highest BCUT2D eigenvalue weighted by atomic mass is 79.9. The number of hydrogen-bond acceptors (Lipinski definition) is 3. The average Bonchev–Trinajstić information content (AvgIpc) is 2.91. The Labute approximate surface area is 124 Å². The van der Waals surface area contributed by atoms with Gasteiger partial charge in [0.1, 0.15) is 11.4 Å². The van der Waals surface area contributed by atoms with E-state index >= 15 is 0 Å². The fourth-order valence-electron chi connectivity index (χ4n) is 1.79. The van der Waals surface area contributed by atoms with Gasteiger partial charge >= 0.3 is 0 Å². The molecule has 0 bridgehead atoms. The number of aldehydes is 1. The van der Waals surface area contributed by atoms with Crippen molar-refractivity contribution in [3.05, 3.63) is 44.4 Å². The number of aromatic nitrogens is 2. The van der Waals surface area contributed by atoms with E-state index < -0.39 is 0 Å². The minimum absolute atomic E-state index is 0.574. The first-order valence-electron chi connectivity index (χ1n) is 5.07. The van der Waals surface area contributed by atoms with Crippen LogP contribution in [0.25, 0.3) is 16.2 Å². The number of carbonyl (C=O) groups excluding carboxylic acids is 1. The quantitative estimate of drug-likeness (QED) is 0.612. The fourth-order valence-corrected chi connectivity index (χ4v) is 3.31. The fraction of sp³-hybridized carbons (Fsp3) is 0. The van der Waals surface area contributed by atoms with Gasteiger partial charge in [0.2, 0.25) is 0 Å². The van der Waals surface area contributed by atoms with Crippen molar-refractivity contribution < 1.29 is 4.79 Å². The monoisotopic (exact) mass is 384 g/mol. The Bertz CT molecular complexity index is 748. The standard InChI is InChI=1S/C12H6Br2N2OS/c13-7-1-2-9(14)8(5-7)11-10(6-17)16-3-4-18-12(16)15-11/h1-6H. The number of imidazole rings is 1. The van der Waals surface area contributed by atoms with Gasteiger partial charge in [0.05, 0.1) is 0 Å². The van der Waals surface area contributed by atoms with E-state index in [1.54, 1.807) is 4.40 Å². The van der Waals surface area contributed by atoms with Gasteiger partial charge in [0, 0.05) is 26.1 Å². The third kappa shape index (κ3) is 1.84. The summed E-state index contributed by atoms with van der Waals surface area (Å²) in [5.74, 6) is 0. The second-order valence-corrected chi connectivity index (χ2v) is 6.29. The summed E-state index contributed by atoms with van der Waals surface area (Å²) in [6.45, 7) is 0. The molecule has 0 radical (unpaired) electrons. The molecule has 2 heterocycles. The molecule has 0 aliphatic rings. The lowest BCUT2D eigenvalue weighted by atomic mass is 10.1. The molecule has 3 aromatic rings. The van der Waals surface area contributed by atoms with E-state index in [2.05, 4.69) is 36.8 Å². The number of nitrogens with zero attached hydrogens (tertiary/aromatic N) is 2. The first-order valence-corrected chi connectivity index (χ1v) is 7.53. The van der Waals surface area contributed by atoms with Crippen LogP contribution in [0.4, 0.5) is 0 Å². The molecule has 0 saturated heterocycles. The molecule has 0 spiro atoms. The van der Waals surface area contributed by atoms with Crippen LogP contribution < -0.4 is 0 Å². The van der Waals surface area contributed by atoms with Gasteiger partial charge in [-0.3, -0.25) is 9.20 Å². The molecule has 0 aliphatic heterocycles. The third-order valence-electron chi connectivity index (χ3n) is 2.59. The summed E-state index contributed by atoms with van der Waals surface area (Å²) in [5, 5.41) is 1.91. The third-order valence-corrected chi connectivity index (χ3v) is 4.54. The van der Waals surface area contributed by atoms with E-state index in [4.69, 9.17) is 0 Å². The largest absolute Gasteiger partial charge is 0.296 e. The molecular weight excluding hydrogens is 380 g/mol. The predicted octanol–water partition coefficient (Wildman–Crippen LogP) is 4.40. The summed E-state index contributed by atoms with van der Waals surface area (Å²) in [7, 11) is 0. The molecule has 90 valence electrons. The zero-order valence-corrected chi connectivity index (χ0v) is 12.9. The van der Waals surface area contributed by atoms with Crippen molar-refractivity contribution in [1.82, 2.24) is 9.38 Å². The molecule has 0 aliphatic carbocycles. The molecule has 3 nitrogen and oxygen atoms in total. The normalized spacial score (nSPS) is 11.0. The van der Waals surface area contributed by atoms with E-state index in [0.29, 0.717) is 11.4 Å². The van der Waals surface area contributed by atoms with Gasteiger partial charge in [0.15, 0.2) is 11.2 Å². The Morgan fingerprint density at radius 3 is 2.94 bits per heavy atom. The molecule has 0 fully saturated rings. The smallest absolute Gasteiger partial charge is 0.194 e. The van der Waals surface area contributed by atoms with Crippen LogP contribution >= 0.6 is 43.2 Å². The summed E-state index contributed by atoms with van der Waals surface area (Å²) < 4.78 is 3.67. The average molecular weight is 386 g/mol. The molecular formula is C12H6Br2N2OS. The van der Waals surface area contributed by atoms with Crippen LogP contribution in [0.2, 0.25) is 0 Å². The number of halogens is 2. The lowest BCUT2D eigenvalue weighted by Crippen LogP contribution is -1.90. The Hall–Kier alpha value is -0.980. The zero-order chi connectivity index (χ0) is 12.7. The Morgan fingerprint density at radius 2 is 2.17 bits per heavy atom. The van der Waals surface area contributed by atoms with Crippen LogP contribution in [0.15, 0.2) is 38.7 Å². The summed E-state index contributed by atoms with van der Waals surface area (Å²) in [4.78, 5) is 16.6. The van der Waals surface area contributed by atoms with Crippen LogP contribution in [0.3, 0.4) is 0 Å². The van der Waals surface area contributed by atoms with Crippen LogP contribution in [0, 0.1) is 0 Å². The van der Waals surface area contributed by atoms with Crippen LogP contribution in [0.1, 0.15) is 10.5 Å². The van der Waals surface area contributed by atoms with Gasteiger partial charge in [0.25, 0.3) is 0 Å². The summed E-state index contributed by atoms with van der Waals surface area (Å²) >= 11 is 8.44. The van der Waals surface area contributed by atoms with Crippen LogP contribution in [-0.4, -0.2) is 15.7 Å². The summed E-state index contributed by atoms with van der Waals surface area (Å²) in [6.07, 6.45) is 2.70. The van der Waals surface area contributed by atoms with E-state index in [1.165, 1.54) is 11.3 Å². The molecule has 0 saturated carbocycles. The first kappa shape index (κ1) is 12.1. The summed E-state index contributed by atoms with van der Waals surface area (Å²) in [6, 6.07) is 5.82. The van der Waals surface area contributed by atoms with Gasteiger partial charge in [-0.25, -0.2) is 4.98 Å². The number of thiazole rings is 1. The molecule has 1 aromatic carbocycles. The van der Waals surface area contributed by atoms with E-state index in [1.807, 2.05) is 29.8 Å². The van der Waals surface area contributed by atoms with Gasteiger partial charge in [-0.1, -0.05) is 31.9 Å². The summed E-state index contributed by atoms with van der Waals surface area (Å²) in [5.41, 5.74) is 2.18. The Morgan fingerprint density at radius 1 is 1.33 bits per heavy atom. The molecule has 3 rings (SSSR count). The van der Waals surface area contributed by atoms with Crippen molar-refractivity contribution in [3.63, 3.8) is 0 Å². The van der Waals surface area contributed by atoms with Crippen LogP contribution in [-0.2, 0) is 0 Å². The van der Waals surface area contributed by atoms with Crippen molar-refractivity contribution in [3.8, 4) is 11.3 Å². The molecule has 0 amide bonds. The number of hydrogen-bond donors (Lipinski definition) is 0. The second-order valence-electron chi connectivity index (χ2n) is 3.64. The molecule has 0 unspecified atom stereocenters. The zero-order valence-electron chi connectivity index (χ0n) is 8.93. The Kier molecular flexibility index (Phi) is 3.09. The van der Waals surface area contributed by atoms with Gasteiger partial charge < -0.3 is 0 Å². The lowest BCUT2D eigenvalue weighted by molar-refractivity contribution is 0.111. The lowest BCUT2D eigenvalue weighted by Gasteiger charge is -2.03. The van der Waals surface area contributed by atoms with Crippen molar-refractivity contribution in [2.75, 3.05) is 0 Å². The van der Waals surface area contributed by atoms with Gasteiger partial charge in [-0.05, 0) is 18.2 Å². The highest BCUT2D eigenvalue weighted by Crippen LogP contribution is 2.33. The van der Waals surface area contributed by atoms with Crippen molar-refractivity contribution in [1.29, 1.82) is 0 Å². The van der Waals surface area contributed by atoms with Crippen molar-refractivity contribution in [2.45, 2.75) is 0 Å².